The van der Waals surface area contributed by atoms with Gasteiger partial charge in [-0.15, -0.1) is 0 Å². The third-order valence-corrected chi connectivity index (χ3v) is 5.17. The zero-order valence-electron chi connectivity index (χ0n) is 16.6. The Balaban J connectivity index is 1.75. The summed E-state index contributed by atoms with van der Waals surface area (Å²) in [7, 11) is 0. The van der Waals surface area contributed by atoms with E-state index in [9.17, 15) is 19.8 Å². The Kier molecular flexibility index (Phi) is 7.34. The maximum atomic E-state index is 12.7. The fraction of sp³-hybridized carbons (Fsp3) is 0.684. The van der Waals surface area contributed by atoms with Crippen LogP contribution in [-0.4, -0.2) is 55.1 Å². The molecule has 3 rings (SSSR count). The molecule has 0 radical (unpaired) electrons. The number of aliphatic hydroxyl groups is 2. The lowest BCUT2D eigenvalue weighted by Gasteiger charge is -2.13. The molecular formula is C19H29N5O5. The van der Waals surface area contributed by atoms with Crippen molar-refractivity contribution >= 4 is 17.0 Å². The first kappa shape index (κ1) is 21.4. The third kappa shape index (κ3) is 5.01. The van der Waals surface area contributed by atoms with E-state index in [4.69, 9.17) is 4.74 Å². The van der Waals surface area contributed by atoms with Gasteiger partial charge in [0.2, 0.25) is 5.95 Å². The van der Waals surface area contributed by atoms with Gasteiger partial charge in [0.15, 0.2) is 5.52 Å². The molecule has 3 heterocycles. The van der Waals surface area contributed by atoms with Crippen molar-refractivity contribution in [3.63, 3.8) is 0 Å². The van der Waals surface area contributed by atoms with Crippen molar-refractivity contribution in [2.75, 3.05) is 18.5 Å². The first-order chi connectivity index (χ1) is 14.0. The fourth-order valence-electron chi connectivity index (χ4n) is 3.56. The van der Waals surface area contributed by atoms with E-state index >= 15 is 0 Å². The summed E-state index contributed by atoms with van der Waals surface area (Å²) in [4.78, 5) is 35.8. The van der Waals surface area contributed by atoms with Gasteiger partial charge in [-0.3, -0.25) is 19.1 Å². The van der Waals surface area contributed by atoms with Crippen molar-refractivity contribution in [2.24, 2.45) is 0 Å². The first-order valence-electron chi connectivity index (χ1n) is 10.2. The van der Waals surface area contributed by atoms with Crippen LogP contribution in [0.15, 0.2) is 15.9 Å². The predicted molar refractivity (Wildman–Crippen MR) is 108 cm³/mol. The van der Waals surface area contributed by atoms with Crippen molar-refractivity contribution in [2.45, 2.75) is 70.3 Å². The van der Waals surface area contributed by atoms with Gasteiger partial charge in [0.1, 0.15) is 17.8 Å². The van der Waals surface area contributed by atoms with Gasteiger partial charge in [-0.05, 0) is 6.42 Å². The first-order valence-corrected chi connectivity index (χ1v) is 10.2. The van der Waals surface area contributed by atoms with E-state index in [1.54, 1.807) is 0 Å². The molecule has 2 aromatic rings. The Morgan fingerprint density at radius 2 is 2.03 bits per heavy atom. The van der Waals surface area contributed by atoms with E-state index in [0.29, 0.717) is 6.54 Å². The predicted octanol–water partition coefficient (Wildman–Crippen LogP) is 0.893. The Morgan fingerprint density at radius 1 is 1.28 bits per heavy atom. The topological polar surface area (TPSA) is 142 Å². The summed E-state index contributed by atoms with van der Waals surface area (Å²) >= 11 is 0. The van der Waals surface area contributed by atoms with E-state index in [2.05, 4.69) is 27.2 Å². The maximum absolute atomic E-state index is 12.7. The van der Waals surface area contributed by atoms with Crippen molar-refractivity contribution < 1.29 is 14.9 Å². The van der Waals surface area contributed by atoms with Crippen LogP contribution in [0.5, 0.6) is 0 Å². The largest absolute Gasteiger partial charge is 0.394 e. The van der Waals surface area contributed by atoms with E-state index in [1.165, 1.54) is 30.2 Å². The van der Waals surface area contributed by atoms with Crippen LogP contribution in [0.25, 0.3) is 11.0 Å². The molecule has 1 fully saturated rings. The normalized spacial score (nSPS) is 21.7. The smallest absolute Gasteiger partial charge is 0.301 e. The van der Waals surface area contributed by atoms with Gasteiger partial charge in [-0.25, -0.2) is 4.98 Å². The quantitative estimate of drug-likeness (QED) is 0.425. The van der Waals surface area contributed by atoms with Crippen LogP contribution in [0, 0.1) is 0 Å². The minimum atomic E-state index is -0.863. The number of unbranched alkanes of at least 4 members (excludes halogenated alkanes) is 5. The molecule has 4 N–H and O–H groups in total. The highest BCUT2D eigenvalue weighted by molar-refractivity contribution is 5.73. The minimum absolute atomic E-state index is 0.0332. The molecule has 160 valence electrons. The van der Waals surface area contributed by atoms with Crippen molar-refractivity contribution in [3.05, 3.63) is 27.0 Å². The molecule has 1 aliphatic heterocycles. The average Bonchev–Trinajstić information content (AvgIpc) is 3.27. The van der Waals surface area contributed by atoms with Crippen molar-refractivity contribution in [1.29, 1.82) is 0 Å². The van der Waals surface area contributed by atoms with Gasteiger partial charge in [0.05, 0.1) is 19.0 Å². The van der Waals surface area contributed by atoms with Gasteiger partial charge in [0.25, 0.3) is 5.56 Å². The Morgan fingerprint density at radius 3 is 2.76 bits per heavy atom. The molecule has 0 aromatic carbocycles. The molecule has 10 heteroatoms. The second-order valence-corrected chi connectivity index (χ2v) is 7.38. The van der Waals surface area contributed by atoms with E-state index in [-0.39, 0.29) is 30.0 Å². The summed E-state index contributed by atoms with van der Waals surface area (Å²) in [6.45, 7) is 2.44. The molecule has 0 spiro atoms. The molecular weight excluding hydrogens is 378 g/mol. The number of ether oxygens (including phenoxy) is 1. The van der Waals surface area contributed by atoms with Gasteiger partial charge >= 0.3 is 5.56 Å². The average molecular weight is 407 g/mol. The number of nitrogens with zero attached hydrogens (tertiary/aromatic N) is 3. The number of H-pyrrole nitrogens is 1. The SMILES string of the molecule is CCCCCCCCNc1nc(=O)c2ncn([C@@H]3C[C@H](O)[C@@H](CO)O3)c2c(=O)[nH]1. The van der Waals surface area contributed by atoms with Crippen molar-refractivity contribution in [3.8, 4) is 0 Å². The molecule has 0 saturated carbocycles. The number of imidazole rings is 1. The molecule has 3 atom stereocenters. The number of anilines is 1. The fourth-order valence-corrected chi connectivity index (χ4v) is 3.56. The number of fused-ring (bicyclic) bond motifs is 1. The molecule has 0 aliphatic carbocycles. The third-order valence-electron chi connectivity index (χ3n) is 5.17. The number of aromatic amines is 1. The number of hydrogen-bond donors (Lipinski definition) is 4. The lowest BCUT2D eigenvalue weighted by Crippen LogP contribution is -2.24. The minimum Gasteiger partial charge on any atom is -0.394 e. The van der Waals surface area contributed by atoms with Gasteiger partial charge < -0.3 is 20.3 Å². The standard InChI is InChI=1S/C19H29N5O5/c1-2-3-4-5-6-7-8-20-19-22-17(27)15-16(18(28)23-19)24(11-21-15)14-9-12(26)13(10-25)29-14/h11-14,25-26H,2-10H2,1H3,(H2,20,22,23,27,28)/t12-,13+,14-/m0/s1. The summed E-state index contributed by atoms with van der Waals surface area (Å²) in [6.07, 6.45) is 6.00. The number of nitrogens with one attached hydrogen (secondary N) is 2. The van der Waals surface area contributed by atoms with Crippen LogP contribution >= 0.6 is 0 Å². The highest BCUT2D eigenvalue weighted by atomic mass is 16.5. The molecule has 0 bridgehead atoms. The van der Waals surface area contributed by atoms with Crippen LogP contribution in [0.2, 0.25) is 0 Å². The summed E-state index contributed by atoms with van der Waals surface area (Å²) in [5.74, 6) is 0.110. The Bertz CT molecular complexity index is 927. The molecule has 0 amide bonds. The monoisotopic (exact) mass is 407 g/mol. The van der Waals surface area contributed by atoms with Crippen molar-refractivity contribution in [1.82, 2.24) is 19.5 Å². The summed E-state index contributed by atoms with van der Waals surface area (Å²) < 4.78 is 6.99. The second kappa shape index (κ2) is 9.95. The van der Waals surface area contributed by atoms with Crippen LogP contribution in [0.1, 0.15) is 58.1 Å². The molecule has 1 saturated heterocycles. The molecule has 29 heavy (non-hydrogen) atoms. The zero-order valence-corrected chi connectivity index (χ0v) is 16.6. The molecule has 10 nitrogen and oxygen atoms in total. The van der Waals surface area contributed by atoms with E-state index in [0.717, 1.165) is 19.3 Å². The number of aliphatic hydroxyl groups excluding tert-OH is 2. The van der Waals surface area contributed by atoms with Crippen LogP contribution < -0.4 is 16.4 Å². The summed E-state index contributed by atoms with van der Waals surface area (Å²) in [5.41, 5.74) is -1.18. The molecule has 0 unspecified atom stereocenters. The lowest BCUT2D eigenvalue weighted by molar-refractivity contribution is -0.0431. The Labute approximate surface area is 168 Å². The highest BCUT2D eigenvalue weighted by Gasteiger charge is 2.35. The lowest BCUT2D eigenvalue weighted by atomic mass is 10.1. The Hall–Kier alpha value is -2.30. The number of rotatable bonds is 10. The molecule has 2 aromatic heterocycles. The highest BCUT2D eigenvalue weighted by Crippen LogP contribution is 2.29. The molecule has 1 aliphatic rings. The van der Waals surface area contributed by atoms with Gasteiger partial charge in [-0.1, -0.05) is 39.0 Å². The van der Waals surface area contributed by atoms with E-state index < -0.39 is 29.6 Å². The summed E-state index contributed by atoms with van der Waals surface area (Å²) in [5, 5.41) is 22.2. The van der Waals surface area contributed by atoms with Gasteiger partial charge in [0, 0.05) is 13.0 Å². The summed E-state index contributed by atoms with van der Waals surface area (Å²) in [6, 6.07) is 0. The van der Waals surface area contributed by atoms with Crippen LogP contribution in [0.4, 0.5) is 5.95 Å². The van der Waals surface area contributed by atoms with Crippen LogP contribution in [-0.2, 0) is 4.74 Å². The zero-order chi connectivity index (χ0) is 20.8. The van der Waals surface area contributed by atoms with Crippen LogP contribution in [0.3, 0.4) is 0 Å². The van der Waals surface area contributed by atoms with E-state index in [1.807, 2.05) is 0 Å². The number of hydrogen-bond acceptors (Lipinski definition) is 8. The van der Waals surface area contributed by atoms with Gasteiger partial charge in [-0.2, -0.15) is 4.98 Å². The number of aromatic nitrogens is 4. The second-order valence-electron chi connectivity index (χ2n) is 7.38. The maximum Gasteiger partial charge on any atom is 0.301 e.